The van der Waals surface area contributed by atoms with E-state index in [0.29, 0.717) is 36.1 Å². The molecule has 0 heterocycles. The SMILES string of the molecule is COc1cc(C(=O)OCCCO)ccc1O.NC(=O)c1ccccc1O.Nc1ccccc1C(=O)OCCCO.O=C(OCCCO)c1ccccc1O.O=C(OCCO)c1ccccc1O. The molecule has 0 bridgehead atoms. The van der Waals surface area contributed by atoms with Gasteiger partial charge in [-0.3, -0.25) is 4.79 Å². The van der Waals surface area contributed by atoms with E-state index in [1.807, 2.05) is 0 Å². The summed E-state index contributed by atoms with van der Waals surface area (Å²) in [6.07, 6.45) is 1.25. The third-order valence-corrected chi connectivity index (χ3v) is 7.94. The normalized spacial score (nSPS) is 9.69. The van der Waals surface area contributed by atoms with Crippen molar-refractivity contribution in [2.24, 2.45) is 5.73 Å². The van der Waals surface area contributed by atoms with Gasteiger partial charge in [0.15, 0.2) is 11.5 Å². The van der Waals surface area contributed by atoms with Crippen molar-refractivity contribution in [3.8, 4) is 28.7 Å². The van der Waals surface area contributed by atoms with E-state index in [1.165, 1.54) is 61.7 Å². The van der Waals surface area contributed by atoms with Crippen LogP contribution in [-0.4, -0.2) is 131 Å². The Balaban J connectivity index is 0.000000421. The number of ether oxygens (including phenoxy) is 5. The van der Waals surface area contributed by atoms with Gasteiger partial charge < -0.3 is 76.0 Å². The summed E-state index contributed by atoms with van der Waals surface area (Å²) in [5.74, 6) is -2.88. The van der Waals surface area contributed by atoms with Gasteiger partial charge in [0, 0.05) is 44.8 Å². The van der Waals surface area contributed by atoms with Crippen molar-refractivity contribution in [3.63, 3.8) is 0 Å². The molecule has 5 aromatic carbocycles. The molecule has 362 valence electrons. The van der Waals surface area contributed by atoms with Crippen molar-refractivity contribution >= 4 is 35.5 Å². The van der Waals surface area contributed by atoms with Crippen LogP contribution in [0.4, 0.5) is 5.69 Å². The molecule has 0 aromatic heterocycles. The Morgan fingerprint density at radius 3 is 1.19 bits per heavy atom. The van der Waals surface area contributed by atoms with Crippen LogP contribution >= 0.6 is 0 Å². The molecular weight excluding hydrogens is 881 g/mol. The van der Waals surface area contributed by atoms with Gasteiger partial charge in [0.2, 0.25) is 0 Å². The number of aliphatic hydroxyl groups excluding tert-OH is 4. The lowest BCUT2D eigenvalue weighted by molar-refractivity contribution is 0.0427. The summed E-state index contributed by atoms with van der Waals surface area (Å²) >= 11 is 0. The monoisotopic (exact) mass is 936 g/mol. The molecule has 0 aliphatic heterocycles. The van der Waals surface area contributed by atoms with Crippen molar-refractivity contribution in [1.82, 2.24) is 0 Å². The smallest absolute Gasteiger partial charge is 0.341 e. The van der Waals surface area contributed by atoms with E-state index in [2.05, 4.69) is 4.74 Å². The molecule has 0 radical (unpaired) electrons. The number of esters is 4. The van der Waals surface area contributed by atoms with E-state index < -0.39 is 29.8 Å². The zero-order valence-electron chi connectivity index (χ0n) is 36.6. The zero-order chi connectivity index (χ0) is 50.0. The molecule has 5 aromatic rings. The molecule has 0 saturated heterocycles. The average Bonchev–Trinajstić information content (AvgIpc) is 3.32. The number of nitrogen functional groups attached to an aromatic ring is 1. The highest BCUT2D eigenvalue weighted by atomic mass is 16.5. The van der Waals surface area contributed by atoms with Crippen LogP contribution in [0.3, 0.4) is 0 Å². The number of aromatic hydroxyl groups is 4. The number of nitrogens with two attached hydrogens (primary N) is 2. The number of rotatable bonds is 17. The number of primary amides is 1. The Bertz CT molecular complexity index is 2210. The lowest BCUT2D eigenvalue weighted by Crippen LogP contribution is -2.10. The topological polar surface area (TPSA) is 345 Å². The lowest BCUT2D eigenvalue weighted by atomic mass is 10.2. The fraction of sp³-hybridized carbons (Fsp3) is 0.255. The Morgan fingerprint density at radius 1 is 0.448 bits per heavy atom. The van der Waals surface area contributed by atoms with Crippen molar-refractivity contribution in [3.05, 3.63) is 143 Å². The fourth-order valence-electron chi connectivity index (χ4n) is 4.61. The second-order valence-electron chi connectivity index (χ2n) is 12.9. The molecule has 0 saturated carbocycles. The van der Waals surface area contributed by atoms with Gasteiger partial charge in [-0.15, -0.1) is 0 Å². The van der Waals surface area contributed by atoms with Crippen molar-refractivity contribution in [2.45, 2.75) is 19.3 Å². The quantitative estimate of drug-likeness (QED) is 0.0275. The first-order valence-corrected chi connectivity index (χ1v) is 20.1. The lowest BCUT2D eigenvalue weighted by Gasteiger charge is -2.06. The Hall–Kier alpha value is -7.91. The van der Waals surface area contributed by atoms with Gasteiger partial charge in [-0.2, -0.15) is 0 Å². The predicted octanol–water partition coefficient (Wildman–Crippen LogP) is 3.71. The number of para-hydroxylation sites is 4. The number of methoxy groups -OCH3 is 1. The zero-order valence-corrected chi connectivity index (χ0v) is 36.6. The van der Waals surface area contributed by atoms with Gasteiger partial charge in [0.25, 0.3) is 5.91 Å². The van der Waals surface area contributed by atoms with E-state index in [0.717, 1.165) is 0 Å². The second-order valence-corrected chi connectivity index (χ2v) is 12.9. The molecule has 0 aliphatic rings. The van der Waals surface area contributed by atoms with Gasteiger partial charge in [0.1, 0.15) is 35.0 Å². The molecule has 20 heteroatoms. The first-order valence-electron chi connectivity index (χ1n) is 20.1. The second kappa shape index (κ2) is 33.6. The van der Waals surface area contributed by atoms with E-state index in [1.54, 1.807) is 60.7 Å². The number of amides is 1. The molecular formula is C47H56N2O18. The number of phenolic OH excluding ortho intramolecular Hbond substituents is 3. The fourth-order valence-corrected chi connectivity index (χ4v) is 4.61. The van der Waals surface area contributed by atoms with Crippen LogP contribution < -0.4 is 16.2 Å². The minimum absolute atomic E-state index is 0.0115. The summed E-state index contributed by atoms with van der Waals surface area (Å²) in [4.78, 5) is 55.7. The Kier molecular flexibility index (Phi) is 28.6. The van der Waals surface area contributed by atoms with E-state index in [9.17, 15) is 39.3 Å². The minimum Gasteiger partial charge on any atom is -0.507 e. The van der Waals surface area contributed by atoms with Crippen LogP contribution in [0.5, 0.6) is 28.7 Å². The average molecular weight is 937 g/mol. The van der Waals surface area contributed by atoms with E-state index in [4.69, 9.17) is 55.9 Å². The number of carbonyl (C=O) groups is 5. The number of carbonyl (C=O) groups excluding carboxylic acids is 5. The number of hydrogen-bond donors (Lipinski definition) is 10. The summed E-state index contributed by atoms with van der Waals surface area (Å²) in [6, 6.07) is 29.3. The maximum absolute atomic E-state index is 11.5. The summed E-state index contributed by atoms with van der Waals surface area (Å²) < 4.78 is 24.0. The van der Waals surface area contributed by atoms with Gasteiger partial charge >= 0.3 is 23.9 Å². The maximum atomic E-state index is 11.5. The van der Waals surface area contributed by atoms with Gasteiger partial charge in [0.05, 0.1) is 50.2 Å². The minimum atomic E-state index is -0.632. The standard InChI is InChI=1S/C11H14O5.C10H13NO3.C10H12O4.C9H10O4.C7H7NO2/c1-15-10-7-8(3-4-9(10)13)11(14)16-6-2-5-12;11-9-5-2-1-4-8(9)10(13)14-7-3-6-12;11-6-3-7-14-10(13)8-4-1-2-5-9(8)12;10-5-6-13-9(12)7-3-1-2-4-8(7)11;8-7(10)5-3-1-2-4-6(5)9/h3-4,7,12-13H,2,5-6H2,1H3;1-2,4-5,12H,3,6-7,11H2;1-2,4-5,11-12H,3,6-7H2;1-4,10-11H,5-6H2;1-4,9H,(H2,8,10). The number of anilines is 1. The van der Waals surface area contributed by atoms with Crippen LogP contribution in [0.15, 0.2) is 115 Å². The molecule has 67 heavy (non-hydrogen) atoms. The van der Waals surface area contributed by atoms with Crippen LogP contribution in [-0.2, 0) is 18.9 Å². The summed E-state index contributed by atoms with van der Waals surface area (Å²) in [5.41, 5.74) is 12.0. The number of hydrogen-bond acceptors (Lipinski definition) is 19. The Labute approximate surface area is 385 Å². The van der Waals surface area contributed by atoms with Crippen LogP contribution in [0, 0.1) is 0 Å². The third kappa shape index (κ3) is 22.5. The molecule has 12 N–H and O–H groups in total. The molecule has 0 atom stereocenters. The molecule has 20 nitrogen and oxygen atoms in total. The van der Waals surface area contributed by atoms with Crippen LogP contribution in [0.1, 0.15) is 71.1 Å². The summed E-state index contributed by atoms with van der Waals surface area (Å²) in [5, 5.41) is 70.7. The van der Waals surface area contributed by atoms with Gasteiger partial charge in [-0.05, 0) is 66.7 Å². The number of aliphatic hydroxyl groups is 4. The third-order valence-electron chi connectivity index (χ3n) is 7.94. The Morgan fingerprint density at radius 2 is 0.821 bits per heavy atom. The molecule has 0 fully saturated rings. The largest absolute Gasteiger partial charge is 0.507 e. The predicted molar refractivity (Wildman–Crippen MR) is 242 cm³/mol. The summed E-state index contributed by atoms with van der Waals surface area (Å²) in [6.45, 7) is 0.218. The van der Waals surface area contributed by atoms with Gasteiger partial charge in [-0.25, -0.2) is 19.2 Å². The van der Waals surface area contributed by atoms with Crippen molar-refractivity contribution in [1.29, 1.82) is 0 Å². The molecule has 0 spiro atoms. The molecule has 1 amide bonds. The first kappa shape index (κ1) is 57.1. The van der Waals surface area contributed by atoms with Crippen LogP contribution in [0.25, 0.3) is 0 Å². The number of benzene rings is 5. The van der Waals surface area contributed by atoms with E-state index in [-0.39, 0.29) is 98.3 Å². The molecule has 0 aliphatic carbocycles. The molecule has 5 rings (SSSR count). The van der Waals surface area contributed by atoms with E-state index >= 15 is 0 Å². The van der Waals surface area contributed by atoms with Crippen molar-refractivity contribution in [2.75, 3.05) is 65.7 Å². The molecule has 0 unspecified atom stereocenters. The van der Waals surface area contributed by atoms with Gasteiger partial charge in [-0.1, -0.05) is 48.5 Å². The maximum Gasteiger partial charge on any atom is 0.341 e. The highest BCUT2D eigenvalue weighted by Crippen LogP contribution is 2.26. The first-order chi connectivity index (χ1) is 32.2. The highest BCUT2D eigenvalue weighted by molar-refractivity contribution is 5.96. The summed E-state index contributed by atoms with van der Waals surface area (Å²) in [7, 11) is 1.40. The van der Waals surface area contributed by atoms with Crippen molar-refractivity contribution < 1.29 is 88.5 Å². The highest BCUT2D eigenvalue weighted by Gasteiger charge is 2.13. The number of phenols is 4. The van der Waals surface area contributed by atoms with Crippen LogP contribution in [0.2, 0.25) is 0 Å².